The molecule has 0 aromatic carbocycles. The molecule has 2 aliphatic heterocycles. The van der Waals surface area contributed by atoms with Gasteiger partial charge in [0, 0.05) is 32.8 Å². The van der Waals surface area contributed by atoms with Gasteiger partial charge < -0.3 is 14.7 Å². The van der Waals surface area contributed by atoms with E-state index >= 15 is 0 Å². The van der Waals surface area contributed by atoms with Crippen LogP contribution in [0.3, 0.4) is 0 Å². The summed E-state index contributed by atoms with van der Waals surface area (Å²) in [6.07, 6.45) is 2.53. The molecule has 2 fully saturated rings. The Bertz CT molecular complexity index is 255. The average Bonchev–Trinajstić information content (AvgIpc) is 2.24. The van der Waals surface area contributed by atoms with E-state index in [4.69, 9.17) is 4.74 Å². The maximum absolute atomic E-state index is 11.4. The molecule has 0 unspecified atom stereocenters. The number of likely N-dealkylation sites (tertiary alicyclic amines) is 1. The second kappa shape index (κ2) is 4.72. The van der Waals surface area contributed by atoms with E-state index in [9.17, 15) is 9.90 Å². The lowest BCUT2D eigenvalue weighted by molar-refractivity contribution is -0.158. The van der Waals surface area contributed by atoms with E-state index < -0.39 is 11.4 Å². The minimum Gasteiger partial charge on any atom is -0.481 e. The Hall–Kier alpha value is -0.610. The van der Waals surface area contributed by atoms with Crippen molar-refractivity contribution in [3.8, 4) is 0 Å². The normalized spacial score (nSPS) is 26.3. The quantitative estimate of drug-likeness (QED) is 0.784. The number of rotatable bonds is 4. The molecule has 2 heterocycles. The molecule has 0 bridgehead atoms. The molecule has 0 aliphatic carbocycles. The third-order valence-electron chi connectivity index (χ3n) is 4.04. The predicted molar refractivity (Wildman–Crippen MR) is 60.3 cm³/mol. The SMILES string of the molecule is CCC1CN(CC2(C(=O)O)CCOCC2)C1. The Kier molecular flexibility index (Phi) is 3.50. The van der Waals surface area contributed by atoms with E-state index in [0.29, 0.717) is 32.6 Å². The van der Waals surface area contributed by atoms with Crippen LogP contribution in [0.4, 0.5) is 0 Å². The van der Waals surface area contributed by atoms with Crippen LogP contribution < -0.4 is 0 Å². The van der Waals surface area contributed by atoms with Gasteiger partial charge in [-0.25, -0.2) is 0 Å². The van der Waals surface area contributed by atoms with Gasteiger partial charge >= 0.3 is 5.97 Å². The fourth-order valence-electron chi connectivity index (χ4n) is 2.69. The van der Waals surface area contributed by atoms with Crippen molar-refractivity contribution >= 4 is 5.97 Å². The first kappa shape index (κ1) is 11.9. The number of aliphatic carboxylic acids is 1. The molecule has 0 atom stereocenters. The van der Waals surface area contributed by atoms with Crippen molar-refractivity contribution in [1.82, 2.24) is 4.90 Å². The summed E-state index contributed by atoms with van der Waals surface area (Å²) in [7, 11) is 0. The number of hydrogen-bond donors (Lipinski definition) is 1. The molecule has 2 saturated heterocycles. The average molecular weight is 227 g/mol. The van der Waals surface area contributed by atoms with Gasteiger partial charge in [0.1, 0.15) is 0 Å². The predicted octanol–water partition coefficient (Wildman–Crippen LogP) is 1.21. The van der Waals surface area contributed by atoms with Crippen LogP contribution in [0.25, 0.3) is 0 Å². The van der Waals surface area contributed by atoms with Crippen molar-refractivity contribution in [3.63, 3.8) is 0 Å². The van der Waals surface area contributed by atoms with Gasteiger partial charge in [-0.3, -0.25) is 4.79 Å². The first-order chi connectivity index (χ1) is 7.66. The highest BCUT2D eigenvalue weighted by Crippen LogP contribution is 2.34. The van der Waals surface area contributed by atoms with Crippen LogP contribution >= 0.6 is 0 Å². The molecule has 0 aromatic heterocycles. The zero-order valence-electron chi connectivity index (χ0n) is 9.95. The van der Waals surface area contributed by atoms with Crippen molar-refractivity contribution < 1.29 is 14.6 Å². The van der Waals surface area contributed by atoms with Crippen molar-refractivity contribution in [3.05, 3.63) is 0 Å². The maximum atomic E-state index is 11.4. The van der Waals surface area contributed by atoms with Crippen molar-refractivity contribution in [1.29, 1.82) is 0 Å². The smallest absolute Gasteiger partial charge is 0.311 e. The third-order valence-corrected chi connectivity index (χ3v) is 4.04. The minimum absolute atomic E-state index is 0.545. The largest absolute Gasteiger partial charge is 0.481 e. The molecule has 2 aliphatic rings. The highest BCUT2D eigenvalue weighted by Gasteiger charge is 2.43. The molecule has 1 N–H and O–H groups in total. The number of carboxylic acids is 1. The Labute approximate surface area is 96.6 Å². The maximum Gasteiger partial charge on any atom is 0.311 e. The fourth-order valence-corrected chi connectivity index (χ4v) is 2.69. The molecule has 16 heavy (non-hydrogen) atoms. The zero-order valence-corrected chi connectivity index (χ0v) is 9.95. The number of carboxylic acid groups (broad SMARTS) is 1. The summed E-state index contributed by atoms with van der Waals surface area (Å²) in [4.78, 5) is 13.7. The van der Waals surface area contributed by atoms with Crippen LogP contribution in [0.1, 0.15) is 26.2 Å². The first-order valence-electron chi connectivity index (χ1n) is 6.20. The third kappa shape index (κ3) is 2.23. The summed E-state index contributed by atoms with van der Waals surface area (Å²) in [5, 5.41) is 9.40. The monoisotopic (exact) mass is 227 g/mol. The lowest BCUT2D eigenvalue weighted by Gasteiger charge is -2.45. The molecule has 4 heteroatoms. The van der Waals surface area contributed by atoms with Crippen LogP contribution in [-0.4, -0.2) is 48.8 Å². The van der Waals surface area contributed by atoms with Crippen LogP contribution in [0.5, 0.6) is 0 Å². The number of hydrogen-bond acceptors (Lipinski definition) is 3. The molecule has 0 spiro atoms. The fraction of sp³-hybridized carbons (Fsp3) is 0.917. The number of nitrogens with zero attached hydrogens (tertiary/aromatic N) is 1. The lowest BCUT2D eigenvalue weighted by atomic mass is 9.78. The highest BCUT2D eigenvalue weighted by atomic mass is 16.5. The van der Waals surface area contributed by atoms with E-state index in [1.54, 1.807) is 0 Å². The van der Waals surface area contributed by atoms with Crippen LogP contribution in [0.15, 0.2) is 0 Å². The van der Waals surface area contributed by atoms with Gasteiger partial charge in [0.15, 0.2) is 0 Å². The van der Waals surface area contributed by atoms with E-state index in [1.807, 2.05) is 0 Å². The zero-order chi connectivity index (χ0) is 11.6. The summed E-state index contributed by atoms with van der Waals surface area (Å²) in [5.41, 5.74) is -0.545. The lowest BCUT2D eigenvalue weighted by Crippen LogP contribution is -2.54. The van der Waals surface area contributed by atoms with Crippen LogP contribution in [0.2, 0.25) is 0 Å². The Morgan fingerprint density at radius 1 is 1.44 bits per heavy atom. The van der Waals surface area contributed by atoms with Gasteiger partial charge in [-0.15, -0.1) is 0 Å². The van der Waals surface area contributed by atoms with E-state index in [0.717, 1.165) is 19.0 Å². The summed E-state index contributed by atoms with van der Waals surface area (Å²) < 4.78 is 5.27. The molecular formula is C12H21NO3. The molecule has 0 amide bonds. The molecule has 0 aromatic rings. The standard InChI is InChI=1S/C12H21NO3/c1-2-10-7-13(8-10)9-12(11(14)15)3-5-16-6-4-12/h10H,2-9H2,1H3,(H,14,15). The molecular weight excluding hydrogens is 206 g/mol. The molecule has 2 rings (SSSR count). The van der Waals surface area contributed by atoms with Gasteiger partial charge in [-0.05, 0) is 18.8 Å². The van der Waals surface area contributed by atoms with Gasteiger partial charge in [0.25, 0.3) is 0 Å². The highest BCUT2D eigenvalue weighted by molar-refractivity contribution is 5.75. The van der Waals surface area contributed by atoms with E-state index in [-0.39, 0.29) is 0 Å². The summed E-state index contributed by atoms with van der Waals surface area (Å²) in [5.74, 6) is 0.140. The Morgan fingerprint density at radius 2 is 2.06 bits per heavy atom. The van der Waals surface area contributed by atoms with E-state index in [1.165, 1.54) is 6.42 Å². The van der Waals surface area contributed by atoms with Crippen LogP contribution in [0, 0.1) is 11.3 Å². The van der Waals surface area contributed by atoms with Gasteiger partial charge in [0.05, 0.1) is 5.41 Å². The molecule has 4 nitrogen and oxygen atoms in total. The van der Waals surface area contributed by atoms with Gasteiger partial charge in [-0.2, -0.15) is 0 Å². The van der Waals surface area contributed by atoms with Crippen molar-refractivity contribution in [2.75, 3.05) is 32.8 Å². The minimum atomic E-state index is -0.643. The molecule has 0 saturated carbocycles. The number of ether oxygens (including phenoxy) is 1. The van der Waals surface area contributed by atoms with Gasteiger partial charge in [-0.1, -0.05) is 13.3 Å². The Balaban J connectivity index is 1.91. The van der Waals surface area contributed by atoms with E-state index in [2.05, 4.69) is 11.8 Å². The first-order valence-corrected chi connectivity index (χ1v) is 6.20. The second-order valence-corrected chi connectivity index (χ2v) is 5.17. The van der Waals surface area contributed by atoms with Crippen LogP contribution in [-0.2, 0) is 9.53 Å². The van der Waals surface area contributed by atoms with Crippen molar-refractivity contribution in [2.24, 2.45) is 11.3 Å². The second-order valence-electron chi connectivity index (χ2n) is 5.17. The number of carbonyl (C=O) groups is 1. The van der Waals surface area contributed by atoms with Crippen molar-refractivity contribution in [2.45, 2.75) is 26.2 Å². The summed E-state index contributed by atoms with van der Waals surface area (Å²) in [6, 6.07) is 0. The molecule has 92 valence electrons. The topological polar surface area (TPSA) is 49.8 Å². The summed E-state index contributed by atoms with van der Waals surface area (Å²) in [6.45, 7) is 6.25. The van der Waals surface area contributed by atoms with Gasteiger partial charge in [0.2, 0.25) is 0 Å². The molecule has 0 radical (unpaired) electrons. The Morgan fingerprint density at radius 3 is 2.56 bits per heavy atom. The summed E-state index contributed by atoms with van der Waals surface area (Å²) >= 11 is 0.